The number of alkyl halides is 3. The molecule has 2 heterocycles. The number of nitrogens with zero attached hydrogens (tertiary/aromatic N) is 2. The highest BCUT2D eigenvalue weighted by Gasteiger charge is 2.23. The van der Waals surface area contributed by atoms with Crippen LogP contribution in [0.2, 0.25) is 0 Å². The summed E-state index contributed by atoms with van der Waals surface area (Å²) in [5.41, 5.74) is 1.72. The number of aromatic carboxylic acids is 1. The molecule has 2 aromatic heterocycles. The monoisotopic (exact) mass is 610 g/mol. The summed E-state index contributed by atoms with van der Waals surface area (Å²) in [5.74, 6) is -0.418. The second-order valence-electron chi connectivity index (χ2n) is 8.96. The number of aromatic nitrogens is 2. The minimum absolute atomic E-state index is 0.0545. The average molecular weight is 612 g/mol. The molecule has 0 fully saturated rings. The number of carboxylic acid groups (broad SMARTS) is 1. The zero-order valence-corrected chi connectivity index (χ0v) is 23.4. The molecule has 0 bridgehead atoms. The van der Waals surface area contributed by atoms with Crippen LogP contribution in [0.5, 0.6) is 11.6 Å². The van der Waals surface area contributed by atoms with E-state index in [4.69, 9.17) is 49.7 Å². The average Bonchev–Trinajstić information content (AvgIpc) is 3.30. The minimum Gasteiger partial charge on any atom is -0.477 e. The molecule has 0 aliphatic heterocycles. The zero-order chi connectivity index (χ0) is 29.1. The van der Waals surface area contributed by atoms with Gasteiger partial charge in [-0.3, -0.25) is 10.7 Å². The molecule has 0 atom stereocenters. The van der Waals surface area contributed by atoms with E-state index in [-0.39, 0.29) is 18.1 Å². The number of amidine groups is 1. The topological polar surface area (TPSA) is 127 Å². The smallest absolute Gasteiger partial charge is 0.412 e. The largest absolute Gasteiger partial charge is 0.477 e. The number of hydrogen-bond donors (Lipinski definition) is 3. The van der Waals surface area contributed by atoms with Gasteiger partial charge in [0.2, 0.25) is 9.67 Å². The Labute approximate surface area is 248 Å². The fourth-order valence-corrected chi connectivity index (χ4v) is 4.53. The van der Waals surface area contributed by atoms with Crippen LogP contribution < -0.4 is 10.1 Å². The normalized spacial score (nSPS) is 11.4. The third kappa shape index (κ3) is 6.71. The maximum Gasteiger partial charge on any atom is 0.412 e. The van der Waals surface area contributed by atoms with Gasteiger partial charge in [-0.1, -0.05) is 77.3 Å². The van der Waals surface area contributed by atoms with Gasteiger partial charge in [0.1, 0.15) is 23.9 Å². The van der Waals surface area contributed by atoms with Crippen LogP contribution in [0.1, 0.15) is 21.6 Å². The molecule has 3 aromatic carbocycles. The van der Waals surface area contributed by atoms with E-state index >= 15 is 0 Å². The molecule has 0 aliphatic carbocycles. The van der Waals surface area contributed by atoms with E-state index < -0.39 is 22.5 Å². The Kier molecular flexibility index (Phi) is 8.03. The van der Waals surface area contributed by atoms with Crippen molar-refractivity contribution in [3.63, 3.8) is 0 Å². The molecule has 0 saturated carbocycles. The molecule has 1 amide bonds. The minimum atomic E-state index is -1.80. The SMILES string of the molecule is N=C(NC(=O)OCC(Cl)(Cl)Cl)c1ccc2cc(C(=O)O)n(Cc3cc(Oc4ccccn4)cc4ccccc34)c2c1. The lowest BCUT2D eigenvalue weighted by molar-refractivity contribution is 0.0686. The van der Waals surface area contributed by atoms with Gasteiger partial charge in [0.25, 0.3) is 0 Å². The molecule has 5 aromatic rings. The summed E-state index contributed by atoms with van der Waals surface area (Å²) in [6, 6.07) is 23.3. The number of halogens is 3. The number of pyridine rings is 1. The third-order valence-corrected chi connectivity index (χ3v) is 6.44. The predicted octanol–water partition coefficient (Wildman–Crippen LogP) is 7.15. The quantitative estimate of drug-likeness (QED) is 0.102. The fraction of sp³-hybridized carbons (Fsp3) is 0.103. The van der Waals surface area contributed by atoms with Gasteiger partial charge in [0.05, 0.1) is 0 Å². The summed E-state index contributed by atoms with van der Waals surface area (Å²) in [4.78, 5) is 28.6. The molecule has 5 rings (SSSR count). The molecule has 0 aliphatic rings. The van der Waals surface area contributed by atoms with Crippen LogP contribution in [0.15, 0.2) is 85.1 Å². The summed E-state index contributed by atoms with van der Waals surface area (Å²) in [5, 5.41) is 23.1. The van der Waals surface area contributed by atoms with Crippen molar-refractivity contribution >= 4 is 74.4 Å². The number of fused-ring (bicyclic) bond motifs is 2. The highest BCUT2D eigenvalue weighted by Crippen LogP contribution is 2.31. The second kappa shape index (κ2) is 11.7. The molecular weight excluding hydrogens is 591 g/mol. The number of nitrogens with one attached hydrogen (secondary N) is 2. The highest BCUT2D eigenvalue weighted by molar-refractivity contribution is 6.67. The standard InChI is InChI=1S/C29H21Cl3N4O5/c30-29(31,32)16-40-28(39)35-26(33)19-9-8-18-13-24(27(37)38)36(23(18)14-19)15-20-12-21(41-25-7-3-4-10-34-25)11-17-5-1-2-6-22(17)20/h1-14H,15-16H2,(H,37,38)(H2,33,35,39). The maximum absolute atomic E-state index is 12.3. The lowest BCUT2D eigenvalue weighted by Crippen LogP contribution is -2.33. The highest BCUT2D eigenvalue weighted by atomic mass is 35.6. The number of carbonyl (C=O) groups is 2. The first-order valence-corrected chi connectivity index (χ1v) is 13.3. The molecule has 41 heavy (non-hydrogen) atoms. The number of hydrogen-bond acceptors (Lipinski definition) is 6. The Morgan fingerprint density at radius 1 is 0.976 bits per heavy atom. The van der Waals surface area contributed by atoms with E-state index in [1.165, 1.54) is 0 Å². The van der Waals surface area contributed by atoms with Crippen molar-refractivity contribution in [3.8, 4) is 11.6 Å². The molecule has 3 N–H and O–H groups in total. The summed E-state index contributed by atoms with van der Waals surface area (Å²) in [7, 11) is 0. The van der Waals surface area contributed by atoms with Crippen molar-refractivity contribution in [2.75, 3.05) is 6.61 Å². The molecule has 0 spiro atoms. The van der Waals surface area contributed by atoms with E-state index in [1.807, 2.05) is 42.5 Å². The van der Waals surface area contributed by atoms with Gasteiger partial charge >= 0.3 is 12.1 Å². The summed E-state index contributed by atoms with van der Waals surface area (Å²) >= 11 is 16.8. The molecular formula is C29H21Cl3N4O5. The second-order valence-corrected chi connectivity index (χ2v) is 11.5. The predicted molar refractivity (Wildman–Crippen MR) is 158 cm³/mol. The maximum atomic E-state index is 12.3. The van der Waals surface area contributed by atoms with E-state index in [9.17, 15) is 14.7 Å². The van der Waals surface area contributed by atoms with Crippen LogP contribution in [0.4, 0.5) is 4.79 Å². The van der Waals surface area contributed by atoms with Gasteiger partial charge < -0.3 is 19.1 Å². The van der Waals surface area contributed by atoms with Crippen LogP contribution in [-0.2, 0) is 11.3 Å². The number of carbonyl (C=O) groups excluding carboxylic acids is 1. The Morgan fingerprint density at radius 3 is 2.49 bits per heavy atom. The van der Waals surface area contributed by atoms with E-state index in [0.717, 1.165) is 16.3 Å². The Morgan fingerprint density at radius 2 is 1.76 bits per heavy atom. The van der Waals surface area contributed by atoms with E-state index in [2.05, 4.69) is 10.3 Å². The molecule has 12 heteroatoms. The number of carboxylic acids is 1. The van der Waals surface area contributed by atoms with E-state index in [0.29, 0.717) is 28.1 Å². The Hall–Kier alpha value is -4.31. The van der Waals surface area contributed by atoms with Crippen molar-refractivity contribution < 1.29 is 24.2 Å². The molecule has 9 nitrogen and oxygen atoms in total. The first-order chi connectivity index (χ1) is 19.6. The molecule has 0 unspecified atom stereocenters. The van der Waals surface area contributed by atoms with E-state index in [1.54, 1.807) is 47.2 Å². The van der Waals surface area contributed by atoms with Crippen molar-refractivity contribution in [2.45, 2.75) is 10.3 Å². The number of ether oxygens (including phenoxy) is 2. The number of alkyl carbamates (subject to hydrolysis) is 1. The molecule has 0 saturated heterocycles. The Balaban J connectivity index is 1.52. The zero-order valence-electron chi connectivity index (χ0n) is 21.1. The summed E-state index contributed by atoms with van der Waals surface area (Å²) < 4.78 is 10.7. The van der Waals surface area contributed by atoms with Crippen LogP contribution in [-0.4, -0.2) is 43.0 Å². The summed E-state index contributed by atoms with van der Waals surface area (Å²) in [6.45, 7) is -0.321. The first-order valence-electron chi connectivity index (χ1n) is 12.1. The molecule has 0 radical (unpaired) electrons. The van der Waals surface area contributed by atoms with Crippen LogP contribution in [0.3, 0.4) is 0 Å². The van der Waals surface area contributed by atoms with Crippen molar-refractivity contribution in [1.29, 1.82) is 5.41 Å². The van der Waals surface area contributed by atoms with Crippen LogP contribution >= 0.6 is 34.8 Å². The lowest BCUT2D eigenvalue weighted by Gasteiger charge is -2.15. The summed E-state index contributed by atoms with van der Waals surface area (Å²) in [6.07, 6.45) is 0.659. The fourth-order valence-electron chi connectivity index (χ4n) is 4.36. The van der Waals surface area contributed by atoms with Gasteiger partial charge in [0, 0.05) is 35.3 Å². The third-order valence-electron chi connectivity index (χ3n) is 6.12. The first kappa shape index (κ1) is 28.2. The number of rotatable bonds is 7. The van der Waals surface area contributed by atoms with Crippen LogP contribution in [0.25, 0.3) is 21.7 Å². The van der Waals surface area contributed by atoms with Gasteiger partial charge in [-0.25, -0.2) is 14.6 Å². The van der Waals surface area contributed by atoms with Gasteiger partial charge in [-0.15, -0.1) is 0 Å². The van der Waals surface area contributed by atoms with Gasteiger partial charge in [-0.05, 0) is 46.7 Å². The van der Waals surface area contributed by atoms with Gasteiger partial charge in [0.15, 0.2) is 0 Å². The Bertz CT molecular complexity index is 1780. The lowest BCUT2D eigenvalue weighted by atomic mass is 10.0. The number of amides is 1. The number of benzene rings is 3. The molecule has 208 valence electrons. The van der Waals surface area contributed by atoms with Crippen molar-refractivity contribution in [3.05, 3.63) is 102 Å². The van der Waals surface area contributed by atoms with Crippen LogP contribution in [0, 0.1) is 5.41 Å². The van der Waals surface area contributed by atoms with Crippen molar-refractivity contribution in [1.82, 2.24) is 14.9 Å². The van der Waals surface area contributed by atoms with Crippen molar-refractivity contribution in [2.24, 2.45) is 0 Å². The van der Waals surface area contributed by atoms with Gasteiger partial charge in [-0.2, -0.15) is 0 Å².